The van der Waals surface area contributed by atoms with Crippen molar-refractivity contribution in [3.05, 3.63) is 78.5 Å². The standard InChI is InChI=1S/C19H14F2N2OS/c20-19(21)25-16-9-6-14(7-10-16)18(24)23-17-11-8-15(12-22-17)13-4-2-1-3-5-13/h1-12,19H,(H,22,23,24). The molecule has 1 heterocycles. The second kappa shape index (κ2) is 7.90. The summed E-state index contributed by atoms with van der Waals surface area (Å²) in [5.74, 6) is -2.39. The van der Waals surface area contributed by atoms with Crippen LogP contribution in [0.3, 0.4) is 0 Å². The van der Waals surface area contributed by atoms with Gasteiger partial charge in [0.05, 0.1) is 0 Å². The summed E-state index contributed by atoms with van der Waals surface area (Å²) in [6, 6.07) is 19.4. The number of hydrogen-bond donors (Lipinski definition) is 1. The van der Waals surface area contributed by atoms with Crippen LogP contribution >= 0.6 is 11.8 Å². The number of halogens is 2. The van der Waals surface area contributed by atoms with Gasteiger partial charge in [-0.15, -0.1) is 0 Å². The van der Waals surface area contributed by atoms with Gasteiger partial charge in [0, 0.05) is 22.2 Å². The number of aromatic nitrogens is 1. The zero-order valence-corrected chi connectivity index (χ0v) is 13.8. The second-order valence-electron chi connectivity index (χ2n) is 5.16. The van der Waals surface area contributed by atoms with Gasteiger partial charge >= 0.3 is 0 Å². The van der Waals surface area contributed by atoms with Crippen molar-refractivity contribution in [3.8, 4) is 11.1 Å². The Morgan fingerprint density at radius 2 is 1.64 bits per heavy atom. The van der Waals surface area contributed by atoms with Crippen LogP contribution in [-0.4, -0.2) is 16.6 Å². The monoisotopic (exact) mass is 356 g/mol. The van der Waals surface area contributed by atoms with Crippen LogP contribution < -0.4 is 5.32 Å². The molecule has 126 valence electrons. The van der Waals surface area contributed by atoms with E-state index in [1.165, 1.54) is 24.3 Å². The third-order valence-corrected chi connectivity index (χ3v) is 4.18. The molecule has 6 heteroatoms. The highest BCUT2D eigenvalue weighted by molar-refractivity contribution is 7.99. The molecule has 3 rings (SSSR count). The van der Waals surface area contributed by atoms with Crippen LogP contribution in [0.4, 0.5) is 14.6 Å². The summed E-state index contributed by atoms with van der Waals surface area (Å²) >= 11 is 0.445. The number of nitrogens with zero attached hydrogens (tertiary/aromatic N) is 1. The Labute approximate surface area is 148 Å². The summed E-state index contributed by atoms with van der Waals surface area (Å²) in [6.45, 7) is 0. The lowest BCUT2D eigenvalue weighted by molar-refractivity contribution is 0.102. The van der Waals surface area contributed by atoms with Crippen molar-refractivity contribution in [3.63, 3.8) is 0 Å². The van der Waals surface area contributed by atoms with Gasteiger partial charge < -0.3 is 5.32 Å². The third-order valence-electron chi connectivity index (χ3n) is 3.45. The van der Waals surface area contributed by atoms with E-state index in [1.54, 1.807) is 12.3 Å². The molecule has 1 aromatic heterocycles. The fourth-order valence-corrected chi connectivity index (χ4v) is 2.74. The Kier molecular flexibility index (Phi) is 5.40. The minimum absolute atomic E-state index is 0.339. The van der Waals surface area contributed by atoms with E-state index in [0.717, 1.165) is 11.1 Å². The fourth-order valence-electron chi connectivity index (χ4n) is 2.25. The number of anilines is 1. The SMILES string of the molecule is O=C(Nc1ccc(-c2ccccc2)cn1)c1ccc(SC(F)F)cc1. The van der Waals surface area contributed by atoms with Gasteiger partial charge in [-0.05, 0) is 42.0 Å². The molecule has 3 aromatic rings. The first-order chi connectivity index (χ1) is 12.1. The Morgan fingerprint density at radius 3 is 2.24 bits per heavy atom. The molecular weight excluding hydrogens is 342 g/mol. The first-order valence-corrected chi connectivity index (χ1v) is 8.37. The zero-order valence-electron chi connectivity index (χ0n) is 13.0. The second-order valence-corrected chi connectivity index (χ2v) is 6.22. The maximum absolute atomic E-state index is 12.3. The van der Waals surface area contributed by atoms with Crippen molar-refractivity contribution in [2.24, 2.45) is 0 Å². The topological polar surface area (TPSA) is 42.0 Å². The van der Waals surface area contributed by atoms with Crippen molar-refractivity contribution >= 4 is 23.5 Å². The molecule has 0 aliphatic heterocycles. The largest absolute Gasteiger partial charge is 0.307 e. The molecule has 0 radical (unpaired) electrons. The molecule has 25 heavy (non-hydrogen) atoms. The van der Waals surface area contributed by atoms with E-state index in [9.17, 15) is 13.6 Å². The molecule has 0 saturated heterocycles. The van der Waals surface area contributed by atoms with Crippen molar-refractivity contribution < 1.29 is 13.6 Å². The predicted octanol–water partition coefficient (Wildman–Crippen LogP) is 5.32. The summed E-state index contributed by atoms with van der Waals surface area (Å²) < 4.78 is 24.6. The highest BCUT2D eigenvalue weighted by atomic mass is 32.2. The van der Waals surface area contributed by atoms with Gasteiger partial charge in [-0.25, -0.2) is 4.98 Å². The van der Waals surface area contributed by atoms with Crippen molar-refractivity contribution in [1.82, 2.24) is 4.98 Å². The maximum Gasteiger partial charge on any atom is 0.288 e. The first-order valence-electron chi connectivity index (χ1n) is 7.49. The van der Waals surface area contributed by atoms with Crippen LogP contribution in [0.1, 0.15) is 10.4 Å². The molecule has 0 aliphatic carbocycles. The molecule has 2 aromatic carbocycles. The summed E-state index contributed by atoms with van der Waals surface area (Å²) in [6.07, 6.45) is 1.69. The molecule has 0 bridgehead atoms. The number of alkyl halides is 2. The number of carbonyl (C=O) groups excluding carboxylic acids is 1. The van der Waals surface area contributed by atoms with E-state index in [-0.39, 0.29) is 5.91 Å². The van der Waals surface area contributed by atoms with Gasteiger partial charge in [0.1, 0.15) is 5.82 Å². The lowest BCUT2D eigenvalue weighted by Crippen LogP contribution is -2.12. The summed E-state index contributed by atoms with van der Waals surface area (Å²) in [5, 5.41) is 2.69. The number of benzene rings is 2. The van der Waals surface area contributed by atoms with Gasteiger partial charge in [-0.3, -0.25) is 4.79 Å². The van der Waals surface area contributed by atoms with Crippen molar-refractivity contribution in [2.45, 2.75) is 10.7 Å². The first kappa shape index (κ1) is 17.1. The van der Waals surface area contributed by atoms with Gasteiger partial charge in [0.25, 0.3) is 11.7 Å². The number of pyridine rings is 1. The molecule has 3 nitrogen and oxygen atoms in total. The zero-order chi connectivity index (χ0) is 17.6. The van der Waals surface area contributed by atoms with Crippen LogP contribution in [0.25, 0.3) is 11.1 Å². The number of rotatable bonds is 5. The van der Waals surface area contributed by atoms with E-state index >= 15 is 0 Å². The fraction of sp³-hybridized carbons (Fsp3) is 0.0526. The normalized spacial score (nSPS) is 10.7. The van der Waals surface area contributed by atoms with Crippen LogP contribution in [0.15, 0.2) is 77.8 Å². The summed E-state index contributed by atoms with van der Waals surface area (Å²) in [7, 11) is 0. The molecule has 1 amide bonds. The van der Waals surface area contributed by atoms with Crippen LogP contribution in [0.2, 0.25) is 0 Å². The predicted molar refractivity (Wildman–Crippen MR) is 95.9 cm³/mol. The van der Waals surface area contributed by atoms with Crippen LogP contribution in [0, 0.1) is 0 Å². The lowest BCUT2D eigenvalue weighted by Gasteiger charge is -2.07. The van der Waals surface area contributed by atoms with E-state index in [2.05, 4.69) is 10.3 Å². The molecular formula is C19H14F2N2OS. The maximum atomic E-state index is 12.3. The van der Waals surface area contributed by atoms with Crippen molar-refractivity contribution in [1.29, 1.82) is 0 Å². The van der Waals surface area contributed by atoms with Gasteiger partial charge in [0.15, 0.2) is 0 Å². The van der Waals surface area contributed by atoms with E-state index in [4.69, 9.17) is 0 Å². The minimum atomic E-state index is -2.48. The Hall–Kier alpha value is -2.73. The molecule has 0 unspecified atom stereocenters. The molecule has 0 aliphatic rings. The molecule has 0 atom stereocenters. The highest BCUT2D eigenvalue weighted by Crippen LogP contribution is 2.25. The smallest absolute Gasteiger partial charge is 0.288 e. The Balaban J connectivity index is 1.66. The minimum Gasteiger partial charge on any atom is -0.307 e. The average molecular weight is 356 g/mol. The van der Waals surface area contributed by atoms with E-state index in [1.807, 2.05) is 36.4 Å². The van der Waals surface area contributed by atoms with Crippen LogP contribution in [0.5, 0.6) is 0 Å². The van der Waals surface area contributed by atoms with E-state index < -0.39 is 5.76 Å². The average Bonchev–Trinajstić information content (AvgIpc) is 2.63. The molecule has 1 N–H and O–H groups in total. The highest BCUT2D eigenvalue weighted by Gasteiger charge is 2.09. The quantitative estimate of drug-likeness (QED) is 0.630. The molecule has 0 fully saturated rings. The summed E-state index contributed by atoms with van der Waals surface area (Å²) in [4.78, 5) is 16.9. The number of amides is 1. The Morgan fingerprint density at radius 1 is 0.920 bits per heavy atom. The number of thioether (sulfide) groups is 1. The lowest BCUT2D eigenvalue weighted by atomic mass is 10.1. The van der Waals surface area contributed by atoms with Gasteiger partial charge in [0.2, 0.25) is 0 Å². The molecule has 0 saturated carbocycles. The van der Waals surface area contributed by atoms with Gasteiger partial charge in [-0.1, -0.05) is 42.1 Å². The van der Waals surface area contributed by atoms with Crippen molar-refractivity contribution in [2.75, 3.05) is 5.32 Å². The third kappa shape index (κ3) is 4.64. The number of nitrogens with one attached hydrogen (secondary N) is 1. The van der Waals surface area contributed by atoms with Crippen LogP contribution in [-0.2, 0) is 0 Å². The number of carbonyl (C=O) groups is 1. The van der Waals surface area contributed by atoms with Gasteiger partial charge in [-0.2, -0.15) is 8.78 Å². The molecule has 0 spiro atoms. The Bertz CT molecular complexity index is 838. The number of hydrogen-bond acceptors (Lipinski definition) is 3. The van der Waals surface area contributed by atoms with E-state index in [0.29, 0.717) is 28.0 Å². The summed E-state index contributed by atoms with van der Waals surface area (Å²) in [5.41, 5.74) is 2.37.